The van der Waals surface area contributed by atoms with Crippen LogP contribution in [0.5, 0.6) is 0 Å². The summed E-state index contributed by atoms with van der Waals surface area (Å²) in [6.45, 7) is 0.562. The molecule has 0 aliphatic carbocycles. The maximum Gasteiger partial charge on any atom is 0.137 e. The smallest absolute Gasteiger partial charge is 0.137 e. The molecule has 4 nitrogen and oxygen atoms in total. The number of nitrogens with zero attached hydrogens (tertiary/aromatic N) is 1. The molecule has 4 heteroatoms. The SMILES string of the molecule is COCc1cccc(-c2ncc(CO)[nH]2)c1. The Morgan fingerprint density at radius 3 is 3.00 bits per heavy atom. The molecule has 84 valence electrons. The number of hydrogen-bond donors (Lipinski definition) is 2. The van der Waals surface area contributed by atoms with Crippen molar-refractivity contribution < 1.29 is 9.84 Å². The third-order valence-electron chi connectivity index (χ3n) is 2.31. The number of aromatic nitrogens is 2. The standard InChI is InChI=1S/C12H14N2O2/c1-16-8-9-3-2-4-10(5-9)12-13-6-11(7-15)14-12/h2-6,15H,7-8H2,1H3,(H,13,14). The molecule has 0 aliphatic rings. The minimum Gasteiger partial charge on any atom is -0.390 e. The number of hydrogen-bond acceptors (Lipinski definition) is 3. The highest BCUT2D eigenvalue weighted by Gasteiger charge is 2.03. The highest BCUT2D eigenvalue weighted by atomic mass is 16.5. The summed E-state index contributed by atoms with van der Waals surface area (Å²) in [4.78, 5) is 7.25. The Balaban J connectivity index is 2.28. The van der Waals surface area contributed by atoms with E-state index in [2.05, 4.69) is 9.97 Å². The monoisotopic (exact) mass is 218 g/mol. The zero-order valence-corrected chi connectivity index (χ0v) is 9.10. The molecule has 0 amide bonds. The van der Waals surface area contributed by atoms with Gasteiger partial charge >= 0.3 is 0 Å². The first-order chi connectivity index (χ1) is 7.83. The second-order valence-corrected chi connectivity index (χ2v) is 3.55. The molecule has 1 aromatic carbocycles. The zero-order chi connectivity index (χ0) is 11.4. The van der Waals surface area contributed by atoms with Crippen LogP contribution in [0.2, 0.25) is 0 Å². The molecular weight excluding hydrogens is 204 g/mol. The molecule has 0 atom stereocenters. The maximum absolute atomic E-state index is 8.95. The van der Waals surface area contributed by atoms with E-state index in [4.69, 9.17) is 9.84 Å². The van der Waals surface area contributed by atoms with E-state index >= 15 is 0 Å². The lowest BCUT2D eigenvalue weighted by Gasteiger charge is -2.02. The number of benzene rings is 1. The minimum atomic E-state index is -0.0231. The van der Waals surface area contributed by atoms with Gasteiger partial charge in [0.15, 0.2) is 0 Å². The maximum atomic E-state index is 8.95. The third kappa shape index (κ3) is 2.29. The van der Waals surface area contributed by atoms with Gasteiger partial charge in [-0.25, -0.2) is 4.98 Å². The van der Waals surface area contributed by atoms with E-state index in [1.54, 1.807) is 13.3 Å². The summed E-state index contributed by atoms with van der Waals surface area (Å²) in [7, 11) is 1.67. The van der Waals surface area contributed by atoms with E-state index in [0.717, 1.165) is 17.0 Å². The van der Waals surface area contributed by atoms with E-state index < -0.39 is 0 Å². The number of nitrogens with one attached hydrogen (secondary N) is 1. The molecule has 0 saturated carbocycles. The molecular formula is C12H14N2O2. The van der Waals surface area contributed by atoms with Crippen molar-refractivity contribution in [3.05, 3.63) is 41.7 Å². The van der Waals surface area contributed by atoms with Crippen molar-refractivity contribution in [2.24, 2.45) is 0 Å². The third-order valence-corrected chi connectivity index (χ3v) is 2.31. The molecule has 1 aromatic heterocycles. The number of aliphatic hydroxyl groups is 1. The van der Waals surface area contributed by atoms with Gasteiger partial charge in [0.05, 0.1) is 25.1 Å². The summed E-state index contributed by atoms with van der Waals surface area (Å²) >= 11 is 0. The Kier molecular flexibility index (Phi) is 3.34. The second kappa shape index (κ2) is 4.92. The van der Waals surface area contributed by atoms with Crippen molar-refractivity contribution in [2.45, 2.75) is 13.2 Å². The number of rotatable bonds is 4. The fraction of sp³-hybridized carbons (Fsp3) is 0.250. The van der Waals surface area contributed by atoms with E-state index in [1.807, 2.05) is 24.3 Å². The Morgan fingerprint density at radius 2 is 2.31 bits per heavy atom. The zero-order valence-electron chi connectivity index (χ0n) is 9.10. The molecule has 0 bridgehead atoms. The van der Waals surface area contributed by atoms with Crippen molar-refractivity contribution in [3.63, 3.8) is 0 Å². The Bertz CT molecular complexity index is 466. The van der Waals surface area contributed by atoms with E-state index in [0.29, 0.717) is 12.3 Å². The Morgan fingerprint density at radius 1 is 1.44 bits per heavy atom. The summed E-state index contributed by atoms with van der Waals surface area (Å²) in [6.07, 6.45) is 1.64. The molecule has 0 spiro atoms. The van der Waals surface area contributed by atoms with Crippen LogP contribution in [0.15, 0.2) is 30.5 Å². The fourth-order valence-corrected chi connectivity index (χ4v) is 1.56. The summed E-state index contributed by atoms with van der Waals surface area (Å²) < 4.78 is 5.07. The van der Waals surface area contributed by atoms with Crippen LogP contribution in [0.25, 0.3) is 11.4 Å². The predicted molar refractivity (Wildman–Crippen MR) is 60.7 cm³/mol. The predicted octanol–water partition coefficient (Wildman–Crippen LogP) is 1.72. The summed E-state index contributed by atoms with van der Waals surface area (Å²) in [5, 5.41) is 8.95. The first kappa shape index (κ1) is 10.9. The van der Waals surface area contributed by atoms with Crippen LogP contribution < -0.4 is 0 Å². The first-order valence-electron chi connectivity index (χ1n) is 5.06. The summed E-state index contributed by atoms with van der Waals surface area (Å²) in [5.41, 5.74) is 2.81. The van der Waals surface area contributed by atoms with Gasteiger partial charge in [-0.1, -0.05) is 18.2 Å². The normalized spacial score (nSPS) is 10.6. The van der Waals surface area contributed by atoms with Crippen LogP contribution in [0, 0.1) is 0 Å². The van der Waals surface area contributed by atoms with Crippen LogP contribution in [-0.2, 0) is 18.0 Å². The lowest BCUT2D eigenvalue weighted by atomic mass is 10.1. The number of imidazole rings is 1. The van der Waals surface area contributed by atoms with Crippen LogP contribution in [0.4, 0.5) is 0 Å². The van der Waals surface area contributed by atoms with Crippen molar-refractivity contribution in [1.29, 1.82) is 0 Å². The van der Waals surface area contributed by atoms with Gasteiger partial charge in [-0.05, 0) is 11.6 Å². The van der Waals surface area contributed by atoms with Gasteiger partial charge in [0.25, 0.3) is 0 Å². The number of ether oxygens (including phenoxy) is 1. The van der Waals surface area contributed by atoms with Crippen LogP contribution >= 0.6 is 0 Å². The number of aliphatic hydroxyl groups excluding tert-OH is 1. The van der Waals surface area contributed by atoms with Crippen molar-refractivity contribution in [3.8, 4) is 11.4 Å². The minimum absolute atomic E-state index is 0.0231. The van der Waals surface area contributed by atoms with Crippen molar-refractivity contribution in [2.75, 3.05) is 7.11 Å². The first-order valence-corrected chi connectivity index (χ1v) is 5.06. The molecule has 0 saturated heterocycles. The molecule has 0 radical (unpaired) electrons. The number of methoxy groups -OCH3 is 1. The second-order valence-electron chi connectivity index (χ2n) is 3.55. The lowest BCUT2D eigenvalue weighted by Crippen LogP contribution is -1.89. The molecule has 2 rings (SSSR count). The molecule has 0 aliphatic heterocycles. The highest BCUT2D eigenvalue weighted by molar-refractivity contribution is 5.56. The summed E-state index contributed by atoms with van der Waals surface area (Å²) in [5.74, 6) is 0.766. The Labute approximate surface area is 93.9 Å². The van der Waals surface area contributed by atoms with Crippen LogP contribution in [-0.4, -0.2) is 22.2 Å². The molecule has 0 unspecified atom stereocenters. The van der Waals surface area contributed by atoms with E-state index in [-0.39, 0.29) is 6.61 Å². The van der Waals surface area contributed by atoms with Gasteiger partial charge in [0.2, 0.25) is 0 Å². The lowest BCUT2D eigenvalue weighted by molar-refractivity contribution is 0.185. The Hall–Kier alpha value is -1.65. The average Bonchev–Trinajstić information content (AvgIpc) is 2.78. The largest absolute Gasteiger partial charge is 0.390 e. The molecule has 0 fully saturated rings. The van der Waals surface area contributed by atoms with Gasteiger partial charge in [-0.2, -0.15) is 0 Å². The highest BCUT2D eigenvalue weighted by Crippen LogP contribution is 2.17. The molecule has 2 aromatic rings. The van der Waals surface area contributed by atoms with E-state index in [1.165, 1.54) is 0 Å². The van der Waals surface area contributed by atoms with Crippen LogP contribution in [0.3, 0.4) is 0 Å². The quantitative estimate of drug-likeness (QED) is 0.821. The molecule has 1 heterocycles. The van der Waals surface area contributed by atoms with Crippen molar-refractivity contribution in [1.82, 2.24) is 9.97 Å². The average molecular weight is 218 g/mol. The van der Waals surface area contributed by atoms with Crippen LogP contribution in [0.1, 0.15) is 11.3 Å². The van der Waals surface area contributed by atoms with Gasteiger partial charge in [-0.3, -0.25) is 0 Å². The fourth-order valence-electron chi connectivity index (χ4n) is 1.56. The van der Waals surface area contributed by atoms with Crippen molar-refractivity contribution >= 4 is 0 Å². The number of H-pyrrole nitrogens is 1. The topological polar surface area (TPSA) is 58.1 Å². The van der Waals surface area contributed by atoms with Gasteiger partial charge < -0.3 is 14.8 Å². The summed E-state index contributed by atoms with van der Waals surface area (Å²) in [6, 6.07) is 7.95. The number of aromatic amines is 1. The molecule has 16 heavy (non-hydrogen) atoms. The van der Waals surface area contributed by atoms with E-state index in [9.17, 15) is 0 Å². The van der Waals surface area contributed by atoms with Gasteiger partial charge in [-0.15, -0.1) is 0 Å². The molecule has 2 N–H and O–H groups in total. The van der Waals surface area contributed by atoms with Gasteiger partial charge in [0.1, 0.15) is 5.82 Å². The van der Waals surface area contributed by atoms with Gasteiger partial charge in [0, 0.05) is 12.7 Å².